The van der Waals surface area contributed by atoms with Crippen LogP contribution in [-0.2, 0) is 4.74 Å². The third kappa shape index (κ3) is 4.88. The highest BCUT2D eigenvalue weighted by atomic mass is 127. The topological polar surface area (TPSA) is 63.7 Å². The second-order valence-electron chi connectivity index (χ2n) is 4.60. The van der Waals surface area contributed by atoms with E-state index in [9.17, 15) is 0 Å². The molecule has 0 saturated carbocycles. The fraction of sp³-hybridized carbons (Fsp3) is 0.667. The molecule has 1 aromatic heterocycles. The smallest absolute Gasteiger partial charge is 0.191 e. The lowest BCUT2D eigenvalue weighted by Gasteiger charge is -2.31. The Morgan fingerprint density at radius 1 is 1.74 bits per heavy atom. The first kappa shape index (κ1) is 16.6. The molecule has 1 aliphatic rings. The number of ether oxygens (including phenoxy) is 1. The number of rotatable bonds is 3. The van der Waals surface area contributed by atoms with Gasteiger partial charge in [0.15, 0.2) is 5.96 Å². The van der Waals surface area contributed by atoms with Crippen LogP contribution < -0.4 is 5.73 Å². The highest BCUT2D eigenvalue weighted by molar-refractivity contribution is 14.0. The SMILES string of the molecule is CC1CN(C(N)=NCC(C)c2nccs2)CCO1.I. The normalized spacial score (nSPS) is 21.9. The van der Waals surface area contributed by atoms with E-state index >= 15 is 0 Å². The van der Waals surface area contributed by atoms with Gasteiger partial charge in [-0.25, -0.2) is 4.98 Å². The van der Waals surface area contributed by atoms with E-state index in [0.717, 1.165) is 24.7 Å². The van der Waals surface area contributed by atoms with Gasteiger partial charge in [0.25, 0.3) is 0 Å². The van der Waals surface area contributed by atoms with E-state index < -0.39 is 0 Å². The van der Waals surface area contributed by atoms with E-state index in [0.29, 0.717) is 18.4 Å². The molecule has 5 nitrogen and oxygen atoms in total. The third-order valence-corrected chi connectivity index (χ3v) is 3.97. The molecule has 2 rings (SSSR count). The van der Waals surface area contributed by atoms with Gasteiger partial charge in [-0.15, -0.1) is 35.3 Å². The summed E-state index contributed by atoms with van der Waals surface area (Å²) < 4.78 is 5.48. The van der Waals surface area contributed by atoms with Crippen LogP contribution in [0.25, 0.3) is 0 Å². The van der Waals surface area contributed by atoms with Gasteiger partial charge in [-0.1, -0.05) is 6.92 Å². The van der Waals surface area contributed by atoms with Gasteiger partial charge >= 0.3 is 0 Å². The Balaban J connectivity index is 0.00000180. The fourth-order valence-electron chi connectivity index (χ4n) is 1.91. The van der Waals surface area contributed by atoms with Gasteiger partial charge < -0.3 is 15.4 Å². The molecular weight excluding hydrogens is 375 g/mol. The number of thiazole rings is 1. The van der Waals surface area contributed by atoms with Crippen molar-refractivity contribution in [2.24, 2.45) is 10.7 Å². The predicted molar refractivity (Wildman–Crippen MR) is 89.4 cm³/mol. The Morgan fingerprint density at radius 2 is 2.53 bits per heavy atom. The van der Waals surface area contributed by atoms with Crippen LogP contribution in [0.2, 0.25) is 0 Å². The summed E-state index contributed by atoms with van der Waals surface area (Å²) in [5.41, 5.74) is 6.02. The number of nitrogens with zero attached hydrogens (tertiary/aromatic N) is 3. The number of morpholine rings is 1. The van der Waals surface area contributed by atoms with Crippen LogP contribution in [0, 0.1) is 0 Å². The summed E-state index contributed by atoms with van der Waals surface area (Å²) in [5.74, 6) is 0.940. The average Bonchev–Trinajstić information content (AvgIpc) is 2.89. The first-order valence-corrected chi connectivity index (χ1v) is 7.10. The Labute approximate surface area is 135 Å². The molecule has 0 aliphatic carbocycles. The predicted octanol–water partition coefficient (Wildman–Crippen LogP) is 1.90. The zero-order chi connectivity index (χ0) is 13.0. The number of aliphatic imine (C=N–C) groups is 1. The lowest BCUT2D eigenvalue weighted by molar-refractivity contribution is 0.00529. The fourth-order valence-corrected chi connectivity index (χ4v) is 2.60. The van der Waals surface area contributed by atoms with Gasteiger partial charge in [-0.05, 0) is 6.92 Å². The zero-order valence-corrected chi connectivity index (χ0v) is 14.4. The zero-order valence-electron chi connectivity index (χ0n) is 11.3. The molecule has 1 saturated heterocycles. The summed E-state index contributed by atoms with van der Waals surface area (Å²) in [6, 6.07) is 0. The summed E-state index contributed by atoms with van der Waals surface area (Å²) in [7, 11) is 0. The van der Waals surface area contributed by atoms with Crippen molar-refractivity contribution in [2.75, 3.05) is 26.2 Å². The minimum atomic E-state index is 0. The average molecular weight is 396 g/mol. The Morgan fingerprint density at radius 3 is 3.16 bits per heavy atom. The van der Waals surface area contributed by atoms with Crippen molar-refractivity contribution in [3.63, 3.8) is 0 Å². The van der Waals surface area contributed by atoms with E-state index in [-0.39, 0.29) is 30.1 Å². The molecule has 0 radical (unpaired) electrons. The Bertz CT molecular complexity index is 398. The van der Waals surface area contributed by atoms with Crippen molar-refractivity contribution >= 4 is 41.3 Å². The quantitative estimate of drug-likeness (QED) is 0.482. The molecule has 0 aromatic carbocycles. The van der Waals surface area contributed by atoms with E-state index in [2.05, 4.69) is 28.7 Å². The first-order chi connectivity index (χ1) is 8.66. The maximum atomic E-state index is 6.02. The van der Waals surface area contributed by atoms with Gasteiger partial charge in [0.05, 0.1) is 24.3 Å². The number of aromatic nitrogens is 1. The lowest BCUT2D eigenvalue weighted by Crippen LogP contribution is -2.48. The minimum Gasteiger partial charge on any atom is -0.375 e. The van der Waals surface area contributed by atoms with Gasteiger partial charge in [0, 0.05) is 30.6 Å². The van der Waals surface area contributed by atoms with Gasteiger partial charge in [-0.3, -0.25) is 4.99 Å². The Kier molecular flexibility index (Phi) is 7.01. The second-order valence-corrected chi connectivity index (χ2v) is 5.52. The highest BCUT2D eigenvalue weighted by Gasteiger charge is 2.18. The summed E-state index contributed by atoms with van der Waals surface area (Å²) in [6.45, 7) is 7.23. The van der Waals surface area contributed by atoms with Crippen LogP contribution in [0.1, 0.15) is 24.8 Å². The van der Waals surface area contributed by atoms with E-state index in [1.165, 1.54) is 0 Å². The molecule has 0 amide bonds. The molecule has 0 bridgehead atoms. The summed E-state index contributed by atoms with van der Waals surface area (Å²) in [5, 5.41) is 3.10. The molecule has 0 spiro atoms. The van der Waals surface area contributed by atoms with E-state index in [1.807, 2.05) is 11.6 Å². The monoisotopic (exact) mass is 396 g/mol. The maximum Gasteiger partial charge on any atom is 0.191 e. The molecular formula is C12H21IN4OS. The van der Waals surface area contributed by atoms with Crippen molar-refractivity contribution in [3.05, 3.63) is 16.6 Å². The summed E-state index contributed by atoms with van der Waals surface area (Å²) in [6.07, 6.45) is 2.05. The molecule has 7 heteroatoms. The van der Waals surface area contributed by atoms with Gasteiger partial charge in [-0.2, -0.15) is 0 Å². The molecule has 1 fully saturated rings. The van der Waals surface area contributed by atoms with Gasteiger partial charge in [0.2, 0.25) is 0 Å². The van der Waals surface area contributed by atoms with Crippen LogP contribution in [-0.4, -0.2) is 48.2 Å². The van der Waals surface area contributed by atoms with Crippen molar-refractivity contribution in [3.8, 4) is 0 Å². The number of guanidine groups is 1. The molecule has 1 aromatic rings. The van der Waals surface area contributed by atoms with Crippen LogP contribution in [0.4, 0.5) is 0 Å². The molecule has 2 heterocycles. The second kappa shape index (κ2) is 8.01. The summed E-state index contributed by atoms with van der Waals surface area (Å²) in [4.78, 5) is 10.8. The molecule has 1 aliphatic heterocycles. The van der Waals surface area contributed by atoms with Crippen LogP contribution in [0.5, 0.6) is 0 Å². The van der Waals surface area contributed by atoms with Crippen molar-refractivity contribution in [2.45, 2.75) is 25.9 Å². The van der Waals surface area contributed by atoms with Gasteiger partial charge in [0.1, 0.15) is 0 Å². The van der Waals surface area contributed by atoms with Crippen molar-refractivity contribution in [1.82, 2.24) is 9.88 Å². The number of hydrogen-bond donors (Lipinski definition) is 1. The Hall–Kier alpha value is -0.410. The molecule has 108 valence electrons. The van der Waals surface area contributed by atoms with Crippen molar-refractivity contribution < 1.29 is 4.74 Å². The largest absolute Gasteiger partial charge is 0.375 e. The third-order valence-electron chi connectivity index (χ3n) is 2.97. The molecule has 19 heavy (non-hydrogen) atoms. The van der Waals surface area contributed by atoms with Crippen LogP contribution in [0.3, 0.4) is 0 Å². The van der Waals surface area contributed by atoms with Crippen molar-refractivity contribution in [1.29, 1.82) is 0 Å². The standard InChI is InChI=1S/C12H20N4OS.HI/c1-9(11-14-3-6-18-11)7-15-12(13)16-4-5-17-10(2)8-16;/h3,6,9-10H,4-5,7-8H2,1-2H3,(H2,13,15);1H. The van der Waals surface area contributed by atoms with E-state index in [1.54, 1.807) is 11.3 Å². The molecule has 2 N–H and O–H groups in total. The number of halogens is 1. The number of hydrogen-bond acceptors (Lipinski definition) is 4. The van der Waals surface area contributed by atoms with E-state index in [4.69, 9.17) is 10.5 Å². The number of nitrogens with two attached hydrogens (primary N) is 1. The maximum absolute atomic E-state index is 6.02. The highest BCUT2D eigenvalue weighted by Crippen LogP contribution is 2.17. The summed E-state index contributed by atoms with van der Waals surface area (Å²) >= 11 is 1.66. The van der Waals surface area contributed by atoms with Crippen LogP contribution in [0.15, 0.2) is 16.6 Å². The molecule has 2 atom stereocenters. The van der Waals surface area contributed by atoms with Crippen LogP contribution >= 0.6 is 35.3 Å². The lowest BCUT2D eigenvalue weighted by atomic mass is 10.2. The first-order valence-electron chi connectivity index (χ1n) is 6.22. The minimum absolute atomic E-state index is 0. The molecule has 2 unspecified atom stereocenters.